The van der Waals surface area contributed by atoms with E-state index < -0.39 is 0 Å². The maximum absolute atomic E-state index is 5.33. The quantitative estimate of drug-likeness (QED) is 0.864. The molecule has 1 aromatic rings. The molecule has 2 rings (SSSR count). The molecule has 0 heterocycles. The van der Waals surface area contributed by atoms with Gasteiger partial charge in [0.15, 0.2) is 0 Å². The van der Waals surface area contributed by atoms with Crippen molar-refractivity contribution in [2.24, 2.45) is 0 Å². The third-order valence-corrected chi connectivity index (χ3v) is 4.13. The Hall–Kier alpha value is -1.02. The van der Waals surface area contributed by atoms with E-state index in [-0.39, 0.29) is 5.54 Å². The number of hydrogen-bond donors (Lipinski definition) is 1. The lowest BCUT2D eigenvalue weighted by Crippen LogP contribution is -2.41. The van der Waals surface area contributed by atoms with Gasteiger partial charge in [0.25, 0.3) is 0 Å². The molecular formula is C15H23NO. The molecule has 1 N–H and O–H groups in total. The Bertz CT molecular complexity index is 381. The lowest BCUT2D eigenvalue weighted by atomic mass is 9.76. The van der Waals surface area contributed by atoms with E-state index in [9.17, 15) is 0 Å². The molecule has 0 spiro atoms. The molecule has 1 aliphatic carbocycles. The average molecular weight is 233 g/mol. The summed E-state index contributed by atoms with van der Waals surface area (Å²) in [6.07, 6.45) is 6.51. The summed E-state index contributed by atoms with van der Waals surface area (Å²) >= 11 is 0. The first-order chi connectivity index (χ1) is 8.22. The fraction of sp³-hybridized carbons (Fsp3) is 0.600. The second kappa shape index (κ2) is 5.09. The molecular weight excluding hydrogens is 210 g/mol. The number of aryl methyl sites for hydroxylation is 1. The van der Waals surface area contributed by atoms with Crippen molar-refractivity contribution in [3.05, 3.63) is 29.3 Å². The zero-order valence-electron chi connectivity index (χ0n) is 11.2. The van der Waals surface area contributed by atoms with Crippen molar-refractivity contribution in [3.63, 3.8) is 0 Å². The van der Waals surface area contributed by atoms with Gasteiger partial charge in [-0.05, 0) is 44.0 Å². The summed E-state index contributed by atoms with van der Waals surface area (Å²) in [4.78, 5) is 0. The van der Waals surface area contributed by atoms with Gasteiger partial charge in [0.2, 0.25) is 0 Å². The van der Waals surface area contributed by atoms with Crippen LogP contribution in [-0.4, -0.2) is 14.2 Å². The third kappa shape index (κ3) is 2.32. The third-order valence-electron chi connectivity index (χ3n) is 4.13. The highest BCUT2D eigenvalue weighted by atomic mass is 16.5. The standard InChI is InChI=1S/C15H23NO/c1-12-11-13(7-8-14(12)17-3)15(16-2)9-5-4-6-10-15/h7-8,11,16H,4-6,9-10H2,1-3H3. The highest BCUT2D eigenvalue weighted by Crippen LogP contribution is 2.38. The van der Waals surface area contributed by atoms with Crippen LogP contribution in [0.25, 0.3) is 0 Å². The molecule has 1 saturated carbocycles. The van der Waals surface area contributed by atoms with Gasteiger partial charge in [-0.1, -0.05) is 31.4 Å². The molecule has 2 nitrogen and oxygen atoms in total. The zero-order valence-corrected chi connectivity index (χ0v) is 11.2. The molecule has 0 aromatic heterocycles. The normalized spacial score (nSPS) is 19.0. The predicted molar refractivity (Wildman–Crippen MR) is 71.6 cm³/mol. The Morgan fingerprint density at radius 1 is 1.18 bits per heavy atom. The number of methoxy groups -OCH3 is 1. The molecule has 1 aliphatic rings. The summed E-state index contributed by atoms with van der Waals surface area (Å²) in [6.45, 7) is 2.12. The van der Waals surface area contributed by atoms with E-state index in [1.807, 2.05) is 0 Å². The molecule has 2 heteroatoms. The molecule has 0 amide bonds. The number of ether oxygens (including phenoxy) is 1. The van der Waals surface area contributed by atoms with Crippen LogP contribution in [0.15, 0.2) is 18.2 Å². The first-order valence-corrected chi connectivity index (χ1v) is 6.56. The molecule has 0 atom stereocenters. The van der Waals surface area contributed by atoms with Crippen LogP contribution >= 0.6 is 0 Å². The van der Waals surface area contributed by atoms with Crippen molar-refractivity contribution >= 4 is 0 Å². The van der Waals surface area contributed by atoms with Gasteiger partial charge in [-0.3, -0.25) is 0 Å². The number of nitrogens with one attached hydrogen (secondary N) is 1. The SMILES string of the molecule is CNC1(c2ccc(OC)c(C)c2)CCCCC1. The van der Waals surface area contributed by atoms with Crippen LogP contribution in [0, 0.1) is 6.92 Å². The van der Waals surface area contributed by atoms with Crippen LogP contribution in [0.1, 0.15) is 43.2 Å². The lowest BCUT2D eigenvalue weighted by Gasteiger charge is -2.38. The van der Waals surface area contributed by atoms with Crippen LogP contribution in [0.4, 0.5) is 0 Å². The van der Waals surface area contributed by atoms with Crippen LogP contribution in [0.5, 0.6) is 5.75 Å². The monoisotopic (exact) mass is 233 g/mol. The summed E-state index contributed by atoms with van der Waals surface area (Å²) in [5, 5.41) is 3.56. The number of rotatable bonds is 3. The van der Waals surface area contributed by atoms with Gasteiger partial charge in [0, 0.05) is 5.54 Å². The minimum Gasteiger partial charge on any atom is -0.496 e. The maximum atomic E-state index is 5.33. The minimum absolute atomic E-state index is 0.190. The highest BCUT2D eigenvalue weighted by molar-refractivity contribution is 5.39. The molecule has 94 valence electrons. The molecule has 17 heavy (non-hydrogen) atoms. The Morgan fingerprint density at radius 2 is 1.88 bits per heavy atom. The Kier molecular flexibility index (Phi) is 3.72. The summed E-state index contributed by atoms with van der Waals surface area (Å²) in [6, 6.07) is 6.59. The zero-order chi connectivity index (χ0) is 12.3. The maximum Gasteiger partial charge on any atom is 0.121 e. The second-order valence-electron chi connectivity index (χ2n) is 5.08. The van der Waals surface area contributed by atoms with Crippen molar-refractivity contribution in [3.8, 4) is 5.75 Å². The van der Waals surface area contributed by atoms with E-state index >= 15 is 0 Å². The van der Waals surface area contributed by atoms with Crippen molar-refractivity contribution in [1.82, 2.24) is 5.32 Å². The van der Waals surface area contributed by atoms with Crippen molar-refractivity contribution < 1.29 is 4.74 Å². The summed E-state index contributed by atoms with van der Waals surface area (Å²) < 4.78 is 5.33. The van der Waals surface area contributed by atoms with Crippen LogP contribution in [0.2, 0.25) is 0 Å². The molecule has 0 unspecified atom stereocenters. The minimum atomic E-state index is 0.190. The van der Waals surface area contributed by atoms with E-state index in [1.54, 1.807) is 7.11 Å². The van der Waals surface area contributed by atoms with Crippen molar-refractivity contribution in [2.75, 3.05) is 14.2 Å². The van der Waals surface area contributed by atoms with E-state index in [1.165, 1.54) is 43.2 Å². The van der Waals surface area contributed by atoms with Gasteiger partial charge in [0.05, 0.1) is 7.11 Å². The first kappa shape index (κ1) is 12.4. The lowest BCUT2D eigenvalue weighted by molar-refractivity contribution is 0.250. The topological polar surface area (TPSA) is 21.3 Å². The predicted octanol–water partition coefficient (Wildman–Crippen LogP) is 3.38. The Morgan fingerprint density at radius 3 is 2.41 bits per heavy atom. The van der Waals surface area contributed by atoms with Crippen molar-refractivity contribution in [2.45, 2.75) is 44.6 Å². The Balaban J connectivity index is 2.33. The smallest absolute Gasteiger partial charge is 0.121 e. The summed E-state index contributed by atoms with van der Waals surface area (Å²) in [5.41, 5.74) is 2.83. The second-order valence-corrected chi connectivity index (χ2v) is 5.08. The van der Waals surface area contributed by atoms with E-state index in [0.29, 0.717) is 0 Å². The van der Waals surface area contributed by atoms with Crippen LogP contribution in [-0.2, 0) is 5.54 Å². The highest BCUT2D eigenvalue weighted by Gasteiger charge is 2.32. The fourth-order valence-corrected chi connectivity index (χ4v) is 3.01. The van der Waals surface area contributed by atoms with Gasteiger partial charge in [-0.25, -0.2) is 0 Å². The van der Waals surface area contributed by atoms with Gasteiger partial charge >= 0.3 is 0 Å². The largest absolute Gasteiger partial charge is 0.496 e. The Labute approximate surface area is 104 Å². The fourth-order valence-electron chi connectivity index (χ4n) is 3.01. The van der Waals surface area contributed by atoms with Crippen molar-refractivity contribution in [1.29, 1.82) is 0 Å². The van der Waals surface area contributed by atoms with Crippen LogP contribution < -0.4 is 10.1 Å². The molecule has 1 fully saturated rings. The summed E-state index contributed by atoms with van der Waals surface area (Å²) in [7, 11) is 3.82. The molecule has 0 aliphatic heterocycles. The number of hydrogen-bond acceptors (Lipinski definition) is 2. The molecule has 0 radical (unpaired) electrons. The van der Waals surface area contributed by atoms with E-state index in [2.05, 4.69) is 37.5 Å². The van der Waals surface area contributed by atoms with Gasteiger partial charge < -0.3 is 10.1 Å². The number of benzene rings is 1. The average Bonchev–Trinajstić information content (AvgIpc) is 2.39. The summed E-state index contributed by atoms with van der Waals surface area (Å²) in [5.74, 6) is 0.982. The van der Waals surface area contributed by atoms with E-state index in [0.717, 1.165) is 5.75 Å². The van der Waals surface area contributed by atoms with Crippen LogP contribution in [0.3, 0.4) is 0 Å². The van der Waals surface area contributed by atoms with Gasteiger partial charge in [-0.15, -0.1) is 0 Å². The molecule has 0 saturated heterocycles. The van der Waals surface area contributed by atoms with Gasteiger partial charge in [-0.2, -0.15) is 0 Å². The van der Waals surface area contributed by atoms with Gasteiger partial charge in [0.1, 0.15) is 5.75 Å². The van der Waals surface area contributed by atoms with E-state index in [4.69, 9.17) is 4.74 Å². The molecule has 0 bridgehead atoms. The first-order valence-electron chi connectivity index (χ1n) is 6.56. The molecule has 1 aromatic carbocycles.